The number of hydrogen-bond donors (Lipinski definition) is 1. The van der Waals surface area contributed by atoms with Crippen molar-refractivity contribution in [1.29, 1.82) is 0 Å². The van der Waals surface area contributed by atoms with Crippen LogP contribution in [0.4, 0.5) is 0 Å². The van der Waals surface area contributed by atoms with Crippen LogP contribution in [0.5, 0.6) is 0 Å². The number of rotatable bonds is 4. The van der Waals surface area contributed by atoms with Crippen LogP contribution in [0.1, 0.15) is 49.7 Å². The first kappa shape index (κ1) is 17.7. The fourth-order valence-corrected chi connectivity index (χ4v) is 3.08. The van der Waals surface area contributed by atoms with E-state index in [0.717, 1.165) is 31.7 Å². The molecule has 6 heteroatoms. The van der Waals surface area contributed by atoms with E-state index in [4.69, 9.17) is 5.73 Å². The lowest BCUT2D eigenvalue weighted by Gasteiger charge is -2.27. The number of nitrogens with zero attached hydrogens (tertiary/aromatic N) is 3. The summed E-state index contributed by atoms with van der Waals surface area (Å²) in [6.45, 7) is 7.21. The fraction of sp³-hybridized carbons (Fsp3) is 0.714. The second kappa shape index (κ2) is 8.81. The van der Waals surface area contributed by atoms with Crippen molar-refractivity contribution in [3.8, 4) is 0 Å². The Labute approximate surface area is 142 Å². The Kier molecular flexibility index (Phi) is 7.79. The number of guanidine groups is 1. The minimum atomic E-state index is 0. The molecule has 20 heavy (non-hydrogen) atoms. The van der Waals surface area contributed by atoms with Crippen LogP contribution >= 0.6 is 35.3 Å². The van der Waals surface area contributed by atoms with Crippen molar-refractivity contribution in [2.24, 2.45) is 10.7 Å². The number of thiazole rings is 1. The molecule has 114 valence electrons. The highest BCUT2D eigenvalue weighted by molar-refractivity contribution is 14.0. The minimum absolute atomic E-state index is 0. The Morgan fingerprint density at radius 1 is 1.40 bits per heavy atom. The summed E-state index contributed by atoms with van der Waals surface area (Å²) in [5.41, 5.74) is 7.17. The smallest absolute Gasteiger partial charge is 0.191 e. The molecule has 4 nitrogen and oxygen atoms in total. The van der Waals surface area contributed by atoms with E-state index in [1.54, 1.807) is 11.3 Å². The van der Waals surface area contributed by atoms with Gasteiger partial charge < -0.3 is 10.6 Å². The van der Waals surface area contributed by atoms with Crippen LogP contribution in [0, 0.1) is 0 Å². The second-order valence-corrected chi connectivity index (χ2v) is 6.26. The van der Waals surface area contributed by atoms with E-state index < -0.39 is 0 Å². The third-order valence-electron chi connectivity index (χ3n) is 3.39. The zero-order valence-electron chi connectivity index (χ0n) is 12.3. The van der Waals surface area contributed by atoms with Gasteiger partial charge in [-0.25, -0.2) is 4.98 Å². The average molecular weight is 408 g/mol. The van der Waals surface area contributed by atoms with E-state index in [1.165, 1.54) is 24.3 Å². The van der Waals surface area contributed by atoms with Gasteiger partial charge in [-0.15, -0.1) is 35.3 Å². The molecule has 0 atom stereocenters. The van der Waals surface area contributed by atoms with Crippen molar-refractivity contribution in [2.45, 2.75) is 45.4 Å². The Hall–Kier alpha value is -0.370. The van der Waals surface area contributed by atoms with Crippen molar-refractivity contribution in [1.82, 2.24) is 9.88 Å². The maximum atomic E-state index is 6.02. The molecular formula is C14H25IN4S. The lowest BCUT2D eigenvalue weighted by molar-refractivity contribution is 0.338. The lowest BCUT2D eigenvalue weighted by atomic mass is 10.1. The van der Waals surface area contributed by atoms with Gasteiger partial charge in [0.2, 0.25) is 0 Å². The summed E-state index contributed by atoms with van der Waals surface area (Å²) in [6.07, 6.45) is 4.68. The molecule has 0 aromatic carbocycles. The molecule has 2 rings (SSSR count). The molecule has 1 aliphatic rings. The Bertz CT molecular complexity index is 425. The predicted molar refractivity (Wildman–Crippen MR) is 97.2 cm³/mol. The zero-order chi connectivity index (χ0) is 13.7. The van der Waals surface area contributed by atoms with Crippen molar-refractivity contribution in [3.63, 3.8) is 0 Å². The van der Waals surface area contributed by atoms with Crippen LogP contribution in [-0.2, 0) is 6.42 Å². The van der Waals surface area contributed by atoms with Gasteiger partial charge in [0.05, 0.1) is 10.7 Å². The first-order valence-corrected chi connectivity index (χ1v) is 8.04. The molecule has 0 saturated carbocycles. The highest BCUT2D eigenvalue weighted by Crippen LogP contribution is 2.19. The number of hydrogen-bond acceptors (Lipinski definition) is 3. The molecule has 1 fully saturated rings. The summed E-state index contributed by atoms with van der Waals surface area (Å²) in [6, 6.07) is 0. The van der Waals surface area contributed by atoms with E-state index in [1.807, 2.05) is 0 Å². The van der Waals surface area contributed by atoms with Crippen LogP contribution in [0.3, 0.4) is 0 Å². The monoisotopic (exact) mass is 408 g/mol. The third-order valence-corrected chi connectivity index (χ3v) is 4.58. The summed E-state index contributed by atoms with van der Waals surface area (Å²) in [5.74, 6) is 1.22. The highest BCUT2D eigenvalue weighted by Gasteiger charge is 2.11. The fourth-order valence-electron chi connectivity index (χ4n) is 2.21. The van der Waals surface area contributed by atoms with E-state index in [-0.39, 0.29) is 24.0 Å². The number of nitrogens with two attached hydrogens (primary N) is 1. The quantitative estimate of drug-likeness (QED) is 0.473. The van der Waals surface area contributed by atoms with E-state index in [2.05, 4.69) is 34.1 Å². The summed E-state index contributed by atoms with van der Waals surface area (Å²) >= 11 is 1.74. The third kappa shape index (κ3) is 5.20. The highest BCUT2D eigenvalue weighted by atomic mass is 127. The number of aliphatic imine (C=N–C) groups is 1. The van der Waals surface area contributed by atoms with Gasteiger partial charge in [0.15, 0.2) is 5.96 Å². The van der Waals surface area contributed by atoms with Gasteiger partial charge in [0.1, 0.15) is 0 Å². The van der Waals surface area contributed by atoms with Crippen molar-refractivity contribution in [2.75, 3.05) is 19.6 Å². The molecule has 2 heterocycles. The summed E-state index contributed by atoms with van der Waals surface area (Å²) < 4.78 is 0. The van der Waals surface area contributed by atoms with Crippen molar-refractivity contribution >= 4 is 41.3 Å². The molecule has 0 aliphatic carbocycles. The number of aromatic nitrogens is 1. The molecular weight excluding hydrogens is 383 g/mol. The summed E-state index contributed by atoms with van der Waals surface area (Å²) in [4.78, 5) is 11.3. The van der Waals surface area contributed by atoms with Gasteiger partial charge in [-0.3, -0.25) is 4.99 Å². The Balaban J connectivity index is 0.00000200. The first-order chi connectivity index (χ1) is 9.16. The van der Waals surface area contributed by atoms with Gasteiger partial charge in [-0.05, 0) is 19.3 Å². The first-order valence-electron chi connectivity index (χ1n) is 7.16. The summed E-state index contributed by atoms with van der Waals surface area (Å²) in [7, 11) is 0. The average Bonchev–Trinajstić information content (AvgIpc) is 2.89. The largest absolute Gasteiger partial charge is 0.370 e. The molecule has 2 N–H and O–H groups in total. The van der Waals surface area contributed by atoms with Crippen LogP contribution < -0.4 is 5.73 Å². The minimum Gasteiger partial charge on any atom is -0.370 e. The van der Waals surface area contributed by atoms with Crippen LogP contribution in [-0.4, -0.2) is 35.5 Å². The number of likely N-dealkylation sites (tertiary alicyclic amines) is 1. The van der Waals surface area contributed by atoms with Gasteiger partial charge in [0, 0.05) is 37.4 Å². The van der Waals surface area contributed by atoms with Gasteiger partial charge in [-0.1, -0.05) is 13.8 Å². The van der Waals surface area contributed by atoms with Crippen molar-refractivity contribution in [3.05, 3.63) is 16.1 Å². The molecule has 0 spiro atoms. The van der Waals surface area contributed by atoms with Crippen LogP contribution in [0.25, 0.3) is 0 Å². The standard InChI is InChI=1S/C14H24N4S.HI/c1-11(2)13-17-12(10-19-13)6-7-16-14(15)18-8-4-3-5-9-18;/h10-11H,3-9H2,1-2H3,(H2,15,16);1H. The van der Waals surface area contributed by atoms with Gasteiger partial charge in [-0.2, -0.15) is 0 Å². The molecule has 1 aliphatic heterocycles. The molecule has 1 aromatic rings. The zero-order valence-corrected chi connectivity index (χ0v) is 15.5. The predicted octanol–water partition coefficient (Wildman–Crippen LogP) is 3.23. The van der Waals surface area contributed by atoms with Gasteiger partial charge >= 0.3 is 0 Å². The second-order valence-electron chi connectivity index (χ2n) is 5.37. The molecule has 1 aromatic heterocycles. The van der Waals surface area contributed by atoms with E-state index in [0.29, 0.717) is 11.9 Å². The number of piperidine rings is 1. The van der Waals surface area contributed by atoms with Crippen LogP contribution in [0.15, 0.2) is 10.4 Å². The van der Waals surface area contributed by atoms with Gasteiger partial charge in [0.25, 0.3) is 0 Å². The molecule has 0 amide bonds. The lowest BCUT2D eigenvalue weighted by Crippen LogP contribution is -2.41. The summed E-state index contributed by atoms with van der Waals surface area (Å²) in [5, 5.41) is 3.35. The molecule has 1 saturated heterocycles. The van der Waals surface area contributed by atoms with E-state index >= 15 is 0 Å². The topological polar surface area (TPSA) is 54.5 Å². The normalized spacial score (nSPS) is 16.4. The molecule has 0 unspecified atom stereocenters. The molecule has 0 bridgehead atoms. The number of halogens is 1. The maximum Gasteiger partial charge on any atom is 0.191 e. The Morgan fingerprint density at radius 2 is 2.10 bits per heavy atom. The maximum absolute atomic E-state index is 6.02. The van der Waals surface area contributed by atoms with E-state index in [9.17, 15) is 0 Å². The Morgan fingerprint density at radius 3 is 2.70 bits per heavy atom. The van der Waals surface area contributed by atoms with Crippen LogP contribution in [0.2, 0.25) is 0 Å². The van der Waals surface area contributed by atoms with Crippen molar-refractivity contribution < 1.29 is 0 Å². The SMILES string of the molecule is CC(C)c1nc(CCN=C(N)N2CCCCC2)cs1.I. The molecule has 0 radical (unpaired) electrons.